The second-order valence-electron chi connectivity index (χ2n) is 6.23. The number of amides is 2. The van der Waals surface area contributed by atoms with Crippen LogP contribution in [0.4, 0.5) is 10.5 Å². The van der Waals surface area contributed by atoms with E-state index in [1.807, 2.05) is 61.4 Å². The van der Waals surface area contributed by atoms with E-state index in [1.165, 1.54) is 4.88 Å². The van der Waals surface area contributed by atoms with E-state index in [0.29, 0.717) is 13.1 Å². The van der Waals surface area contributed by atoms with Crippen LogP contribution in [0.1, 0.15) is 16.5 Å². The van der Waals surface area contributed by atoms with Gasteiger partial charge in [0, 0.05) is 29.5 Å². The Morgan fingerprint density at radius 1 is 1.27 bits per heavy atom. The number of anilines is 1. The summed E-state index contributed by atoms with van der Waals surface area (Å²) in [7, 11) is 4.03. The maximum atomic E-state index is 12.3. The number of carbonyl (C=O) groups excluding carboxylic acids is 1. The Morgan fingerprint density at radius 3 is 2.85 bits per heavy atom. The Bertz CT molecular complexity index is 814. The molecule has 6 nitrogen and oxygen atoms in total. The molecule has 136 valence electrons. The Hall–Kier alpha value is -2.64. The number of carbonyl (C=O) groups is 1. The molecule has 2 N–H and O–H groups in total. The number of hydrogen-bond acceptors (Lipinski definition) is 4. The number of nitrogens with zero attached hydrogens (tertiary/aromatic N) is 3. The average Bonchev–Trinajstić information content (AvgIpc) is 3.29. The smallest absolute Gasteiger partial charge is 0.319 e. The molecular formula is C19H23N5OS. The van der Waals surface area contributed by atoms with Crippen LogP contribution in [0.25, 0.3) is 0 Å². The number of nitrogens with one attached hydrogen (secondary N) is 2. The fraction of sp³-hybridized carbons (Fsp3) is 0.263. The van der Waals surface area contributed by atoms with Crippen molar-refractivity contribution < 1.29 is 4.79 Å². The summed E-state index contributed by atoms with van der Waals surface area (Å²) < 4.78 is 1.85. The highest BCUT2D eigenvalue weighted by Crippen LogP contribution is 2.22. The van der Waals surface area contributed by atoms with Gasteiger partial charge in [-0.2, -0.15) is 5.10 Å². The molecule has 2 aromatic heterocycles. The predicted octanol–water partition coefficient (Wildman–Crippen LogP) is 3.42. The van der Waals surface area contributed by atoms with Gasteiger partial charge in [-0.25, -0.2) is 4.79 Å². The first-order chi connectivity index (χ1) is 12.6. The van der Waals surface area contributed by atoms with Crippen molar-refractivity contribution in [3.8, 4) is 0 Å². The molecule has 1 atom stereocenters. The van der Waals surface area contributed by atoms with Gasteiger partial charge in [0.1, 0.15) is 0 Å². The van der Waals surface area contributed by atoms with E-state index < -0.39 is 0 Å². The van der Waals surface area contributed by atoms with Gasteiger partial charge in [0.05, 0.1) is 12.6 Å². The van der Waals surface area contributed by atoms with Crippen LogP contribution in [0.5, 0.6) is 0 Å². The Morgan fingerprint density at radius 2 is 2.15 bits per heavy atom. The molecule has 0 spiro atoms. The molecule has 1 unspecified atom stereocenters. The van der Waals surface area contributed by atoms with Crippen LogP contribution in [-0.2, 0) is 6.54 Å². The van der Waals surface area contributed by atoms with Gasteiger partial charge in [-0.1, -0.05) is 18.2 Å². The van der Waals surface area contributed by atoms with Crippen molar-refractivity contribution in [3.05, 3.63) is 70.7 Å². The van der Waals surface area contributed by atoms with Gasteiger partial charge in [0.25, 0.3) is 0 Å². The summed E-state index contributed by atoms with van der Waals surface area (Å²) in [5, 5.41) is 12.1. The van der Waals surface area contributed by atoms with Crippen LogP contribution in [-0.4, -0.2) is 41.4 Å². The van der Waals surface area contributed by atoms with Crippen LogP contribution in [0.2, 0.25) is 0 Å². The SMILES string of the molecule is CN(C)C(CNC(=O)Nc1cccc(Cn2cccn2)c1)c1cccs1. The van der Waals surface area contributed by atoms with Crippen molar-refractivity contribution in [1.82, 2.24) is 20.0 Å². The van der Waals surface area contributed by atoms with Crippen LogP contribution >= 0.6 is 11.3 Å². The fourth-order valence-corrected chi connectivity index (χ4v) is 3.63. The number of hydrogen-bond donors (Lipinski definition) is 2. The highest BCUT2D eigenvalue weighted by Gasteiger charge is 2.16. The molecule has 26 heavy (non-hydrogen) atoms. The minimum atomic E-state index is -0.204. The summed E-state index contributed by atoms with van der Waals surface area (Å²) in [4.78, 5) is 15.6. The summed E-state index contributed by atoms with van der Waals surface area (Å²) in [5.41, 5.74) is 1.85. The summed E-state index contributed by atoms with van der Waals surface area (Å²) in [6.07, 6.45) is 3.67. The number of likely N-dealkylation sites (N-methyl/N-ethyl adjacent to an activating group) is 1. The van der Waals surface area contributed by atoms with E-state index >= 15 is 0 Å². The third kappa shape index (κ3) is 4.93. The van der Waals surface area contributed by atoms with Crippen LogP contribution < -0.4 is 10.6 Å². The van der Waals surface area contributed by atoms with Gasteiger partial charge in [0.2, 0.25) is 0 Å². The van der Waals surface area contributed by atoms with Gasteiger partial charge in [-0.15, -0.1) is 11.3 Å². The van der Waals surface area contributed by atoms with Crippen LogP contribution in [0, 0.1) is 0 Å². The second kappa shape index (κ2) is 8.64. The highest BCUT2D eigenvalue weighted by molar-refractivity contribution is 7.10. The number of aromatic nitrogens is 2. The monoisotopic (exact) mass is 369 g/mol. The molecule has 0 fully saturated rings. The maximum Gasteiger partial charge on any atom is 0.319 e. The van der Waals surface area contributed by atoms with Crippen molar-refractivity contribution >= 4 is 23.1 Å². The van der Waals surface area contributed by atoms with Gasteiger partial charge in [0.15, 0.2) is 0 Å². The quantitative estimate of drug-likeness (QED) is 0.671. The molecule has 0 bridgehead atoms. The van der Waals surface area contributed by atoms with Gasteiger partial charge < -0.3 is 15.5 Å². The number of benzene rings is 1. The first-order valence-electron chi connectivity index (χ1n) is 8.43. The first kappa shape index (κ1) is 18.2. The molecule has 2 amide bonds. The van der Waals surface area contributed by atoms with E-state index in [9.17, 15) is 4.79 Å². The lowest BCUT2D eigenvalue weighted by atomic mass is 10.2. The Labute approximate surface area is 157 Å². The summed E-state index contributed by atoms with van der Waals surface area (Å²) >= 11 is 1.70. The number of rotatable bonds is 7. The zero-order valence-corrected chi connectivity index (χ0v) is 15.7. The van der Waals surface area contributed by atoms with Crippen molar-refractivity contribution in [1.29, 1.82) is 0 Å². The normalized spacial score (nSPS) is 12.1. The molecule has 0 aliphatic rings. The maximum absolute atomic E-state index is 12.3. The second-order valence-corrected chi connectivity index (χ2v) is 7.21. The lowest BCUT2D eigenvalue weighted by Gasteiger charge is -2.23. The van der Waals surface area contributed by atoms with Crippen molar-refractivity contribution in [2.75, 3.05) is 26.0 Å². The van der Waals surface area contributed by atoms with E-state index in [-0.39, 0.29) is 12.1 Å². The first-order valence-corrected chi connectivity index (χ1v) is 9.31. The van der Waals surface area contributed by atoms with E-state index in [4.69, 9.17) is 0 Å². The Kier molecular flexibility index (Phi) is 6.04. The molecule has 1 aromatic carbocycles. The average molecular weight is 369 g/mol. The molecule has 0 aliphatic carbocycles. The van der Waals surface area contributed by atoms with Crippen LogP contribution in [0.15, 0.2) is 60.2 Å². The largest absolute Gasteiger partial charge is 0.336 e. The molecule has 0 radical (unpaired) electrons. The van der Waals surface area contributed by atoms with Crippen molar-refractivity contribution in [3.63, 3.8) is 0 Å². The highest BCUT2D eigenvalue weighted by atomic mass is 32.1. The minimum Gasteiger partial charge on any atom is -0.336 e. The van der Waals surface area contributed by atoms with Crippen molar-refractivity contribution in [2.45, 2.75) is 12.6 Å². The van der Waals surface area contributed by atoms with Gasteiger partial charge in [-0.05, 0) is 49.3 Å². The molecular weight excluding hydrogens is 346 g/mol. The molecule has 7 heteroatoms. The Balaban J connectivity index is 1.56. The molecule has 0 saturated carbocycles. The summed E-state index contributed by atoms with van der Waals surface area (Å²) in [6.45, 7) is 1.22. The molecule has 3 aromatic rings. The third-order valence-corrected chi connectivity index (χ3v) is 5.01. The van der Waals surface area contributed by atoms with Gasteiger partial charge in [-0.3, -0.25) is 4.68 Å². The standard InChI is InChI=1S/C19H23N5OS/c1-23(2)17(18-8-4-11-26-18)13-20-19(25)22-16-7-3-6-15(12-16)14-24-10-5-9-21-24/h3-12,17H,13-14H2,1-2H3,(H2,20,22,25). The lowest BCUT2D eigenvalue weighted by Crippen LogP contribution is -2.36. The van der Waals surface area contributed by atoms with E-state index in [1.54, 1.807) is 17.5 Å². The van der Waals surface area contributed by atoms with E-state index in [2.05, 4.69) is 32.1 Å². The minimum absolute atomic E-state index is 0.159. The molecule has 0 aliphatic heterocycles. The zero-order chi connectivity index (χ0) is 18.4. The number of thiophene rings is 1. The summed E-state index contributed by atoms with van der Waals surface area (Å²) in [5.74, 6) is 0. The lowest BCUT2D eigenvalue weighted by molar-refractivity contribution is 0.244. The molecule has 3 rings (SSSR count). The topological polar surface area (TPSA) is 62.2 Å². The predicted molar refractivity (Wildman–Crippen MR) is 106 cm³/mol. The van der Waals surface area contributed by atoms with Crippen LogP contribution in [0.3, 0.4) is 0 Å². The summed E-state index contributed by atoms with van der Waals surface area (Å²) in [6, 6.07) is 13.8. The zero-order valence-electron chi connectivity index (χ0n) is 14.9. The third-order valence-electron chi connectivity index (χ3n) is 4.04. The van der Waals surface area contributed by atoms with E-state index in [0.717, 1.165) is 11.3 Å². The number of urea groups is 1. The van der Waals surface area contributed by atoms with Gasteiger partial charge >= 0.3 is 6.03 Å². The van der Waals surface area contributed by atoms with Crippen molar-refractivity contribution in [2.24, 2.45) is 0 Å². The fourth-order valence-electron chi connectivity index (χ4n) is 2.71. The molecule has 0 saturated heterocycles. The molecule has 2 heterocycles.